The second-order valence-corrected chi connectivity index (χ2v) is 3.38. The summed E-state index contributed by atoms with van der Waals surface area (Å²) >= 11 is 0. The first-order valence-corrected chi connectivity index (χ1v) is 4.83. The molecule has 14 heavy (non-hydrogen) atoms. The standard InChI is InChI=1S/C10H22N4/c1-9(11)5-6-10(12)14(3)8-4-7-13-2/h5-6,13H,4,7-8,11-12H2,1-3H3/b9-5-,10-6+. The molecule has 0 aliphatic carbocycles. The molecule has 0 radical (unpaired) electrons. The Kier molecular flexibility index (Phi) is 6.66. The van der Waals surface area contributed by atoms with Gasteiger partial charge in [0.2, 0.25) is 0 Å². The Morgan fingerprint density at radius 3 is 2.50 bits per heavy atom. The van der Waals surface area contributed by atoms with Crippen LogP contribution < -0.4 is 16.8 Å². The number of hydrogen-bond donors (Lipinski definition) is 3. The van der Waals surface area contributed by atoms with E-state index in [9.17, 15) is 0 Å². The van der Waals surface area contributed by atoms with Gasteiger partial charge in [0.1, 0.15) is 0 Å². The summed E-state index contributed by atoms with van der Waals surface area (Å²) in [4.78, 5) is 2.01. The minimum atomic E-state index is 0.742. The highest BCUT2D eigenvalue weighted by Crippen LogP contribution is 1.96. The van der Waals surface area contributed by atoms with Gasteiger partial charge in [0.15, 0.2) is 0 Å². The molecule has 0 unspecified atom stereocenters. The van der Waals surface area contributed by atoms with Crippen molar-refractivity contribution in [3.63, 3.8) is 0 Å². The predicted molar refractivity (Wildman–Crippen MR) is 61.4 cm³/mol. The third-order valence-electron chi connectivity index (χ3n) is 1.88. The van der Waals surface area contributed by atoms with Gasteiger partial charge in [0.05, 0.1) is 5.82 Å². The average molecular weight is 198 g/mol. The van der Waals surface area contributed by atoms with E-state index in [0.29, 0.717) is 0 Å². The van der Waals surface area contributed by atoms with Crippen molar-refractivity contribution < 1.29 is 0 Å². The SMILES string of the molecule is CNCCCN(C)/C(N)=C/C=C(/C)N. The van der Waals surface area contributed by atoms with Gasteiger partial charge in [-0.25, -0.2) is 0 Å². The van der Waals surface area contributed by atoms with Gasteiger partial charge in [0, 0.05) is 19.3 Å². The van der Waals surface area contributed by atoms with Crippen molar-refractivity contribution >= 4 is 0 Å². The molecule has 4 nitrogen and oxygen atoms in total. The Bertz CT molecular complexity index is 204. The molecule has 0 heterocycles. The fourth-order valence-electron chi connectivity index (χ4n) is 0.966. The fraction of sp³-hybridized carbons (Fsp3) is 0.600. The molecular weight excluding hydrogens is 176 g/mol. The second-order valence-electron chi connectivity index (χ2n) is 3.38. The zero-order valence-electron chi connectivity index (χ0n) is 9.38. The maximum atomic E-state index is 5.81. The third-order valence-corrected chi connectivity index (χ3v) is 1.88. The Balaban J connectivity index is 3.92. The molecule has 0 aromatic carbocycles. The van der Waals surface area contributed by atoms with E-state index >= 15 is 0 Å². The van der Waals surface area contributed by atoms with Gasteiger partial charge in [-0.3, -0.25) is 0 Å². The highest BCUT2D eigenvalue weighted by molar-refractivity contribution is 5.11. The molecule has 0 aliphatic heterocycles. The Morgan fingerprint density at radius 2 is 2.00 bits per heavy atom. The van der Waals surface area contributed by atoms with Crippen molar-refractivity contribution in [2.45, 2.75) is 13.3 Å². The van der Waals surface area contributed by atoms with Crippen LogP contribution in [0.2, 0.25) is 0 Å². The van der Waals surface area contributed by atoms with Crippen LogP contribution in [0.1, 0.15) is 13.3 Å². The lowest BCUT2D eigenvalue weighted by atomic mass is 10.3. The molecule has 0 spiro atoms. The normalized spacial score (nSPS) is 13.1. The highest BCUT2D eigenvalue weighted by Gasteiger charge is 1.97. The van der Waals surface area contributed by atoms with Crippen LogP contribution in [-0.4, -0.2) is 32.1 Å². The lowest BCUT2D eigenvalue weighted by Gasteiger charge is -2.18. The third kappa shape index (κ3) is 6.37. The van der Waals surface area contributed by atoms with Crippen LogP contribution in [0.25, 0.3) is 0 Å². The van der Waals surface area contributed by atoms with E-state index in [-0.39, 0.29) is 0 Å². The largest absolute Gasteiger partial charge is 0.402 e. The predicted octanol–water partition coefficient (Wildman–Crippen LogP) is 0.190. The number of rotatable bonds is 6. The summed E-state index contributed by atoms with van der Waals surface area (Å²) in [5, 5.41) is 3.09. The van der Waals surface area contributed by atoms with Crippen LogP contribution in [0.4, 0.5) is 0 Å². The molecule has 5 N–H and O–H groups in total. The number of hydrogen-bond acceptors (Lipinski definition) is 4. The molecular formula is C10H22N4. The Labute approximate surface area is 86.6 Å². The number of nitrogens with zero attached hydrogens (tertiary/aromatic N) is 1. The van der Waals surface area contributed by atoms with Crippen molar-refractivity contribution in [1.29, 1.82) is 0 Å². The molecule has 0 atom stereocenters. The topological polar surface area (TPSA) is 67.3 Å². The smallest absolute Gasteiger partial charge is 0.0984 e. The van der Waals surface area contributed by atoms with Crippen LogP contribution in [0.15, 0.2) is 23.7 Å². The van der Waals surface area contributed by atoms with Crippen LogP contribution in [0.5, 0.6) is 0 Å². The van der Waals surface area contributed by atoms with Crippen molar-refractivity contribution in [2.24, 2.45) is 11.5 Å². The van der Waals surface area contributed by atoms with E-state index in [0.717, 1.165) is 31.0 Å². The van der Waals surface area contributed by atoms with Crippen LogP contribution in [0.3, 0.4) is 0 Å². The highest BCUT2D eigenvalue weighted by atomic mass is 15.2. The first-order chi connectivity index (χ1) is 6.57. The average Bonchev–Trinajstić information content (AvgIpc) is 2.14. The second kappa shape index (κ2) is 7.26. The lowest BCUT2D eigenvalue weighted by Crippen LogP contribution is -2.26. The first kappa shape index (κ1) is 12.8. The van der Waals surface area contributed by atoms with E-state index in [2.05, 4.69) is 5.32 Å². The summed E-state index contributed by atoms with van der Waals surface area (Å²) in [7, 11) is 3.92. The molecule has 0 bridgehead atoms. The van der Waals surface area contributed by atoms with Crippen molar-refractivity contribution in [3.05, 3.63) is 23.7 Å². The van der Waals surface area contributed by atoms with Gasteiger partial charge in [-0.2, -0.15) is 0 Å². The number of allylic oxidation sites excluding steroid dienone is 3. The molecule has 0 amide bonds. The molecule has 82 valence electrons. The fourth-order valence-corrected chi connectivity index (χ4v) is 0.966. The summed E-state index contributed by atoms with van der Waals surface area (Å²) in [6.07, 6.45) is 4.71. The molecule has 0 aromatic rings. The van der Waals surface area contributed by atoms with E-state index in [4.69, 9.17) is 11.5 Å². The van der Waals surface area contributed by atoms with Crippen LogP contribution >= 0.6 is 0 Å². The first-order valence-electron chi connectivity index (χ1n) is 4.83. The van der Waals surface area contributed by atoms with Gasteiger partial charge in [-0.15, -0.1) is 0 Å². The lowest BCUT2D eigenvalue weighted by molar-refractivity contribution is 0.401. The van der Waals surface area contributed by atoms with E-state index in [1.807, 2.05) is 38.1 Å². The maximum absolute atomic E-state index is 5.81. The molecule has 4 heteroatoms. The van der Waals surface area contributed by atoms with Crippen molar-refractivity contribution in [1.82, 2.24) is 10.2 Å². The molecule has 0 rings (SSSR count). The summed E-state index contributed by atoms with van der Waals surface area (Å²) in [6, 6.07) is 0. The zero-order chi connectivity index (χ0) is 11.0. The van der Waals surface area contributed by atoms with Gasteiger partial charge in [-0.05, 0) is 39.1 Å². The van der Waals surface area contributed by atoms with E-state index in [1.165, 1.54) is 0 Å². The Morgan fingerprint density at radius 1 is 1.36 bits per heavy atom. The number of nitrogens with two attached hydrogens (primary N) is 2. The van der Waals surface area contributed by atoms with Crippen LogP contribution in [-0.2, 0) is 0 Å². The van der Waals surface area contributed by atoms with E-state index in [1.54, 1.807) is 0 Å². The molecule has 0 aromatic heterocycles. The Hall–Kier alpha value is -1.16. The summed E-state index contributed by atoms with van der Waals surface area (Å²) in [6.45, 7) is 3.79. The molecule has 0 aliphatic rings. The minimum Gasteiger partial charge on any atom is -0.402 e. The number of nitrogens with one attached hydrogen (secondary N) is 1. The molecule has 0 fully saturated rings. The van der Waals surface area contributed by atoms with Gasteiger partial charge in [-0.1, -0.05) is 0 Å². The van der Waals surface area contributed by atoms with Gasteiger partial charge < -0.3 is 21.7 Å². The van der Waals surface area contributed by atoms with Crippen molar-refractivity contribution in [2.75, 3.05) is 27.2 Å². The van der Waals surface area contributed by atoms with Gasteiger partial charge >= 0.3 is 0 Å². The van der Waals surface area contributed by atoms with E-state index < -0.39 is 0 Å². The summed E-state index contributed by atoms with van der Waals surface area (Å²) in [5.74, 6) is 0.742. The maximum Gasteiger partial charge on any atom is 0.0984 e. The van der Waals surface area contributed by atoms with Gasteiger partial charge in [0.25, 0.3) is 0 Å². The monoisotopic (exact) mass is 198 g/mol. The summed E-state index contributed by atoms with van der Waals surface area (Å²) < 4.78 is 0. The van der Waals surface area contributed by atoms with Crippen molar-refractivity contribution in [3.8, 4) is 0 Å². The molecule has 0 saturated carbocycles. The zero-order valence-corrected chi connectivity index (χ0v) is 9.38. The quantitative estimate of drug-likeness (QED) is 0.421. The minimum absolute atomic E-state index is 0.742. The van der Waals surface area contributed by atoms with Crippen LogP contribution in [0, 0.1) is 0 Å². The molecule has 0 saturated heterocycles. The summed E-state index contributed by atoms with van der Waals surface area (Å²) in [5.41, 5.74) is 12.1.